The van der Waals surface area contributed by atoms with E-state index in [0.717, 1.165) is 0 Å². The van der Waals surface area contributed by atoms with Gasteiger partial charge in [0, 0.05) is 18.5 Å². The molecule has 3 heterocycles. The third-order valence-electron chi connectivity index (χ3n) is 4.73. The van der Waals surface area contributed by atoms with Crippen LogP contribution in [0.2, 0.25) is 0 Å². The van der Waals surface area contributed by atoms with E-state index in [1.807, 2.05) is 0 Å². The Morgan fingerprint density at radius 3 is 2.96 bits per heavy atom. The minimum atomic E-state index is -2.79. The highest BCUT2D eigenvalue weighted by atomic mass is 16.6. The Morgan fingerprint density at radius 2 is 2.21 bits per heavy atom. The van der Waals surface area contributed by atoms with Gasteiger partial charge in [-0.3, -0.25) is 9.36 Å². The Bertz CT molecular complexity index is 1150. The van der Waals surface area contributed by atoms with Crippen LogP contribution in [0.25, 0.3) is 11.2 Å². The van der Waals surface area contributed by atoms with Gasteiger partial charge in [0.25, 0.3) is 5.91 Å². The molecule has 0 spiro atoms. The van der Waals surface area contributed by atoms with Gasteiger partial charge in [-0.15, -0.1) is 0 Å². The van der Waals surface area contributed by atoms with Crippen molar-refractivity contribution in [2.45, 2.75) is 25.4 Å². The highest BCUT2D eigenvalue weighted by molar-refractivity contribution is 6.06. The summed E-state index contributed by atoms with van der Waals surface area (Å²) in [6, 6.07) is 8.50. The van der Waals surface area contributed by atoms with Gasteiger partial charge < -0.3 is 19.9 Å². The minimum absolute atomic E-state index is 0.126. The summed E-state index contributed by atoms with van der Waals surface area (Å²) in [4.78, 5) is 25.0. The number of fused-ring (bicyclic) bond motifs is 1. The van der Waals surface area contributed by atoms with E-state index >= 15 is 0 Å². The Hall–Kier alpha value is -2.88. The van der Waals surface area contributed by atoms with Crippen molar-refractivity contribution in [3.05, 3.63) is 48.5 Å². The van der Waals surface area contributed by atoms with Crippen molar-refractivity contribution in [2.75, 3.05) is 18.9 Å². The lowest BCUT2D eigenvalue weighted by atomic mass is 10.0. The summed E-state index contributed by atoms with van der Waals surface area (Å²) in [5, 5.41) is 12.6. The van der Waals surface area contributed by atoms with Crippen molar-refractivity contribution in [3.63, 3.8) is 0 Å². The number of nitrogens with one attached hydrogen (secondary N) is 1. The normalized spacial score (nSPS) is 28.1. The third-order valence-corrected chi connectivity index (χ3v) is 4.73. The van der Waals surface area contributed by atoms with E-state index in [1.54, 1.807) is 30.3 Å². The number of anilines is 1. The number of ether oxygens (including phenoxy) is 2. The number of carbonyl (C=O) groups is 1. The molecule has 2 aromatic heterocycles. The van der Waals surface area contributed by atoms with Gasteiger partial charge >= 0.3 is 0 Å². The SMILES string of the molecule is [2H]C([2H])([2H])O[C@@H]1[C@H](C)[C@@H](C([2H])([2H])O)O[C@H]1n1cnc2c(NC(=O)c3ccccc3)ncnc21. The molecule has 2 N–H and O–H groups in total. The molecular weight excluding hydrogens is 362 g/mol. The first-order valence-corrected chi connectivity index (χ1v) is 8.55. The Kier molecular flexibility index (Phi) is 3.63. The average molecular weight is 388 g/mol. The van der Waals surface area contributed by atoms with E-state index in [0.29, 0.717) is 5.56 Å². The number of aliphatic hydroxyl groups is 1. The fourth-order valence-electron chi connectivity index (χ4n) is 3.22. The van der Waals surface area contributed by atoms with Gasteiger partial charge in [0.1, 0.15) is 12.4 Å². The number of amides is 1. The molecule has 1 aliphatic heterocycles. The summed E-state index contributed by atoms with van der Waals surface area (Å²) < 4.78 is 50.0. The zero-order valence-electron chi connectivity index (χ0n) is 19.8. The van der Waals surface area contributed by atoms with Crippen LogP contribution < -0.4 is 5.32 Å². The number of benzene rings is 1. The smallest absolute Gasteiger partial charge is 0.256 e. The minimum Gasteiger partial charge on any atom is -0.394 e. The molecule has 1 fully saturated rings. The Morgan fingerprint density at radius 1 is 1.39 bits per heavy atom. The highest BCUT2D eigenvalue weighted by Crippen LogP contribution is 2.37. The fraction of sp³-hybridized carbons (Fsp3) is 0.368. The van der Waals surface area contributed by atoms with Crippen LogP contribution in [0.1, 0.15) is 30.4 Å². The maximum atomic E-state index is 12.5. The summed E-state index contributed by atoms with van der Waals surface area (Å²) in [7, 11) is -2.79. The maximum Gasteiger partial charge on any atom is 0.256 e. The zero-order chi connectivity index (χ0) is 24.0. The van der Waals surface area contributed by atoms with Crippen molar-refractivity contribution in [2.24, 2.45) is 5.92 Å². The summed E-state index contributed by atoms with van der Waals surface area (Å²) >= 11 is 0. The molecule has 0 saturated carbocycles. The van der Waals surface area contributed by atoms with Crippen LogP contribution in [0.5, 0.6) is 0 Å². The molecule has 0 aliphatic carbocycles. The van der Waals surface area contributed by atoms with E-state index in [1.165, 1.54) is 24.1 Å². The van der Waals surface area contributed by atoms with E-state index in [9.17, 15) is 9.90 Å². The lowest BCUT2D eigenvalue weighted by molar-refractivity contribution is -0.0583. The number of imidazole rings is 1. The molecule has 0 bridgehead atoms. The lowest BCUT2D eigenvalue weighted by Crippen LogP contribution is -2.27. The molecular formula is C19H21N5O4. The molecule has 1 aromatic carbocycles. The standard InChI is InChI=1S/C19H21N5O4/c1-11-13(8-25)28-19(15(11)27-2)24-10-22-14-16(20-9-21-17(14)24)23-18(26)12-6-4-3-5-7-12/h3-7,9-11,13,15,19,25H,8H2,1-2H3,(H,20,21,23,26)/t11-,13-,15-,19-/m1/s1/i2D3,8D2. The van der Waals surface area contributed by atoms with E-state index in [2.05, 4.69) is 20.3 Å². The monoisotopic (exact) mass is 388 g/mol. The van der Waals surface area contributed by atoms with Gasteiger partial charge in [-0.2, -0.15) is 0 Å². The second-order valence-electron chi connectivity index (χ2n) is 6.38. The van der Waals surface area contributed by atoms with E-state index in [-0.39, 0.29) is 17.0 Å². The molecule has 3 aromatic rings. The number of hydrogen-bond acceptors (Lipinski definition) is 7. The summed E-state index contributed by atoms with van der Waals surface area (Å²) in [6.45, 7) is -1.22. The molecule has 4 atom stereocenters. The second kappa shape index (κ2) is 7.63. The molecule has 1 aliphatic rings. The maximum absolute atomic E-state index is 12.5. The lowest BCUT2D eigenvalue weighted by Gasteiger charge is -2.20. The first-order valence-electron chi connectivity index (χ1n) is 11.1. The first-order chi connectivity index (χ1) is 15.5. The van der Waals surface area contributed by atoms with Crippen LogP contribution in [0, 0.1) is 5.92 Å². The van der Waals surface area contributed by atoms with E-state index in [4.69, 9.17) is 16.3 Å². The number of methoxy groups -OCH3 is 1. The van der Waals surface area contributed by atoms with E-state index < -0.39 is 43.9 Å². The number of rotatable bonds is 5. The predicted octanol–water partition coefficient (Wildman–Crippen LogP) is 1.62. The average Bonchev–Trinajstić information content (AvgIpc) is 3.29. The molecule has 0 unspecified atom stereocenters. The predicted molar refractivity (Wildman–Crippen MR) is 101 cm³/mol. The van der Waals surface area contributed by atoms with Crippen LogP contribution in [-0.2, 0) is 9.47 Å². The molecule has 146 valence electrons. The number of carbonyl (C=O) groups excluding carboxylic acids is 1. The number of aromatic nitrogens is 4. The van der Waals surface area contributed by atoms with Crippen molar-refractivity contribution in [1.82, 2.24) is 19.5 Å². The number of nitrogens with zero attached hydrogens (tertiary/aromatic N) is 4. The van der Waals surface area contributed by atoms with Gasteiger partial charge in [0.15, 0.2) is 23.2 Å². The van der Waals surface area contributed by atoms with Crippen LogP contribution >= 0.6 is 0 Å². The van der Waals surface area contributed by atoms with Gasteiger partial charge in [0.05, 0.1) is 25.8 Å². The van der Waals surface area contributed by atoms with Gasteiger partial charge in [-0.25, -0.2) is 15.0 Å². The molecule has 1 amide bonds. The van der Waals surface area contributed by atoms with Gasteiger partial charge in [-0.1, -0.05) is 25.1 Å². The summed E-state index contributed by atoms with van der Waals surface area (Å²) in [6.07, 6.45) is -1.18. The molecule has 4 rings (SSSR count). The van der Waals surface area contributed by atoms with Crippen molar-refractivity contribution < 1.29 is 26.2 Å². The van der Waals surface area contributed by atoms with Crippen LogP contribution in [0.4, 0.5) is 5.82 Å². The second-order valence-corrected chi connectivity index (χ2v) is 6.38. The van der Waals surface area contributed by atoms with Crippen LogP contribution in [-0.4, -0.2) is 56.3 Å². The molecule has 1 saturated heterocycles. The quantitative estimate of drug-likeness (QED) is 0.683. The van der Waals surface area contributed by atoms with Crippen molar-refractivity contribution in [3.8, 4) is 0 Å². The summed E-state index contributed by atoms with van der Waals surface area (Å²) in [5.41, 5.74) is 0.820. The third kappa shape index (κ3) is 3.13. The van der Waals surface area contributed by atoms with Crippen LogP contribution in [0.3, 0.4) is 0 Å². The van der Waals surface area contributed by atoms with Crippen molar-refractivity contribution >= 4 is 22.9 Å². The molecule has 9 nitrogen and oxygen atoms in total. The molecule has 9 heteroatoms. The van der Waals surface area contributed by atoms with Gasteiger partial charge in [-0.05, 0) is 12.1 Å². The Balaban J connectivity index is 1.70. The first kappa shape index (κ1) is 13.3. The fourth-order valence-corrected chi connectivity index (χ4v) is 3.22. The summed E-state index contributed by atoms with van der Waals surface area (Å²) in [5.74, 6) is -1.11. The largest absolute Gasteiger partial charge is 0.394 e. The topological polar surface area (TPSA) is 111 Å². The number of hydrogen-bond donors (Lipinski definition) is 2. The van der Waals surface area contributed by atoms with Crippen molar-refractivity contribution in [1.29, 1.82) is 0 Å². The Labute approximate surface area is 168 Å². The highest BCUT2D eigenvalue weighted by Gasteiger charge is 2.43. The van der Waals surface area contributed by atoms with Gasteiger partial charge in [0.2, 0.25) is 0 Å². The zero-order valence-corrected chi connectivity index (χ0v) is 14.8. The molecule has 28 heavy (non-hydrogen) atoms. The molecule has 0 radical (unpaired) electrons. The van der Waals surface area contributed by atoms with Crippen LogP contribution in [0.15, 0.2) is 43.0 Å².